The Morgan fingerprint density at radius 3 is 2.91 bits per heavy atom. The predicted octanol–water partition coefficient (Wildman–Crippen LogP) is 1.71. The summed E-state index contributed by atoms with van der Waals surface area (Å²) >= 11 is 0. The highest BCUT2D eigenvalue weighted by Gasteiger charge is 1.90. The number of methoxy groups -OCH3 is 1. The fraction of sp³-hybridized carbons (Fsp3) is 0.222. The normalized spacial score (nSPS) is 7.64. The average molecular weight is 149 g/mol. The lowest BCUT2D eigenvalue weighted by atomic mass is 10.3. The second kappa shape index (κ2) is 4.35. The summed E-state index contributed by atoms with van der Waals surface area (Å²) in [6.07, 6.45) is 6.76. The smallest absolute Gasteiger partial charge is 0.214 e. The van der Waals surface area contributed by atoms with Crippen molar-refractivity contribution < 1.29 is 4.74 Å². The summed E-state index contributed by atoms with van der Waals surface area (Å²) in [6.45, 7) is 0. The molecule has 2 nitrogen and oxygen atoms in total. The van der Waals surface area contributed by atoms with Gasteiger partial charge in [-0.3, -0.25) is 0 Å². The maximum atomic E-state index is 5.14. The molecule has 0 amide bonds. The number of terminal acetylenes is 1. The first-order valence-corrected chi connectivity index (χ1v) is 2.83. The number of rotatable bonds is 1. The molecule has 0 unspecified atom stereocenters. The molecule has 11 heavy (non-hydrogen) atoms. The third-order valence-corrected chi connectivity index (χ3v) is 1.11. The van der Waals surface area contributed by atoms with Crippen LogP contribution in [0.2, 0.25) is 0 Å². The zero-order valence-electron chi connectivity index (χ0n) is 5.66. The lowest BCUT2D eigenvalue weighted by Crippen LogP contribution is -1.86. The number of aromatic nitrogens is 1. The van der Waals surface area contributed by atoms with Gasteiger partial charge < -0.3 is 4.74 Å². The van der Waals surface area contributed by atoms with E-state index in [1.807, 2.05) is 0 Å². The van der Waals surface area contributed by atoms with E-state index < -0.39 is 0 Å². The van der Waals surface area contributed by atoms with Gasteiger partial charge in [-0.1, -0.05) is 13.3 Å². The van der Waals surface area contributed by atoms with Gasteiger partial charge in [-0.05, 0) is 6.07 Å². The Balaban J connectivity index is 0.000001000. The van der Waals surface area contributed by atoms with Crippen LogP contribution in [0.25, 0.3) is 0 Å². The van der Waals surface area contributed by atoms with Crippen molar-refractivity contribution in [3.8, 4) is 18.2 Å². The molecule has 0 saturated carbocycles. The van der Waals surface area contributed by atoms with Crippen LogP contribution < -0.4 is 4.74 Å². The van der Waals surface area contributed by atoms with E-state index in [4.69, 9.17) is 11.2 Å². The first kappa shape index (κ1) is 9.51. The molecule has 1 rings (SSSR count). The first-order valence-electron chi connectivity index (χ1n) is 2.83. The summed E-state index contributed by atoms with van der Waals surface area (Å²) in [5, 5.41) is 0. The van der Waals surface area contributed by atoms with Gasteiger partial charge in [0.25, 0.3) is 0 Å². The topological polar surface area (TPSA) is 22.1 Å². The molecule has 0 aliphatic carbocycles. The highest BCUT2D eigenvalue weighted by atomic mass is 16.5. The SMILES string of the molecule is C.C#Cc1ccnc(OC)c1. The second-order valence-corrected chi connectivity index (χ2v) is 1.73. The summed E-state index contributed by atoms with van der Waals surface area (Å²) in [5.41, 5.74) is 0.784. The van der Waals surface area contributed by atoms with Gasteiger partial charge in [0.15, 0.2) is 0 Å². The van der Waals surface area contributed by atoms with Crippen LogP contribution in [-0.2, 0) is 0 Å². The number of hydrogen-bond donors (Lipinski definition) is 0. The van der Waals surface area contributed by atoms with Gasteiger partial charge >= 0.3 is 0 Å². The van der Waals surface area contributed by atoms with Crippen molar-refractivity contribution in [3.63, 3.8) is 0 Å². The third kappa shape index (κ3) is 2.30. The van der Waals surface area contributed by atoms with Crippen LogP contribution >= 0.6 is 0 Å². The number of pyridine rings is 1. The van der Waals surface area contributed by atoms with E-state index in [-0.39, 0.29) is 7.43 Å². The number of nitrogens with zero attached hydrogens (tertiary/aromatic N) is 1. The molecule has 0 spiro atoms. The summed E-state index contributed by atoms with van der Waals surface area (Å²) in [7, 11) is 1.56. The van der Waals surface area contributed by atoms with E-state index in [2.05, 4.69) is 10.9 Å². The maximum Gasteiger partial charge on any atom is 0.214 e. The van der Waals surface area contributed by atoms with Gasteiger partial charge in [0.05, 0.1) is 7.11 Å². The van der Waals surface area contributed by atoms with Gasteiger partial charge in [0.2, 0.25) is 5.88 Å². The van der Waals surface area contributed by atoms with Gasteiger partial charge in [-0.15, -0.1) is 6.42 Å². The quantitative estimate of drug-likeness (QED) is 0.567. The van der Waals surface area contributed by atoms with Crippen molar-refractivity contribution in [3.05, 3.63) is 23.9 Å². The molecule has 1 heterocycles. The minimum Gasteiger partial charge on any atom is -0.481 e. The molecular weight excluding hydrogens is 138 g/mol. The Labute approximate surface area is 67.2 Å². The Morgan fingerprint density at radius 1 is 1.64 bits per heavy atom. The van der Waals surface area contributed by atoms with E-state index >= 15 is 0 Å². The van der Waals surface area contributed by atoms with Gasteiger partial charge in [-0.2, -0.15) is 0 Å². The Kier molecular flexibility index (Phi) is 3.76. The molecular formula is C9H11NO. The Hall–Kier alpha value is -1.49. The van der Waals surface area contributed by atoms with E-state index in [0.717, 1.165) is 5.56 Å². The van der Waals surface area contributed by atoms with Gasteiger partial charge in [0.1, 0.15) is 0 Å². The highest BCUT2D eigenvalue weighted by Crippen LogP contribution is 2.06. The Bertz CT molecular complexity index is 263. The van der Waals surface area contributed by atoms with Gasteiger partial charge in [0, 0.05) is 17.8 Å². The average Bonchev–Trinajstić information content (AvgIpc) is 2.05. The van der Waals surface area contributed by atoms with Crippen LogP contribution in [0.4, 0.5) is 0 Å². The predicted molar refractivity (Wildman–Crippen MR) is 45.5 cm³/mol. The van der Waals surface area contributed by atoms with Crippen LogP contribution in [0, 0.1) is 12.3 Å². The summed E-state index contributed by atoms with van der Waals surface area (Å²) in [4.78, 5) is 3.89. The van der Waals surface area contributed by atoms with Crippen molar-refractivity contribution >= 4 is 0 Å². The maximum absolute atomic E-state index is 5.14. The molecule has 0 aliphatic rings. The second-order valence-electron chi connectivity index (χ2n) is 1.73. The van der Waals surface area contributed by atoms with Crippen molar-refractivity contribution in [1.82, 2.24) is 4.98 Å². The standard InChI is InChI=1S/C8H7NO.CH4/c1-3-7-4-5-9-8(6-7)10-2;/h1,4-6H,2H3;1H4. The van der Waals surface area contributed by atoms with Crippen LogP contribution in [0.3, 0.4) is 0 Å². The molecule has 0 N–H and O–H groups in total. The number of ether oxygens (including phenoxy) is 1. The third-order valence-electron chi connectivity index (χ3n) is 1.11. The molecule has 0 aliphatic heterocycles. The molecule has 58 valence electrons. The molecule has 1 aromatic heterocycles. The molecule has 2 heteroatoms. The minimum absolute atomic E-state index is 0. The lowest BCUT2D eigenvalue weighted by Gasteiger charge is -1.96. The summed E-state index contributed by atoms with van der Waals surface area (Å²) in [5.74, 6) is 3.03. The first-order chi connectivity index (χ1) is 4.86. The molecule has 0 aromatic carbocycles. The molecule has 1 aromatic rings. The van der Waals surface area contributed by atoms with E-state index in [0.29, 0.717) is 5.88 Å². The van der Waals surface area contributed by atoms with E-state index in [1.54, 1.807) is 25.4 Å². The van der Waals surface area contributed by atoms with Crippen LogP contribution in [0.1, 0.15) is 13.0 Å². The molecule has 0 saturated heterocycles. The largest absolute Gasteiger partial charge is 0.481 e. The Morgan fingerprint density at radius 2 is 2.36 bits per heavy atom. The van der Waals surface area contributed by atoms with Crippen molar-refractivity contribution in [2.24, 2.45) is 0 Å². The molecule has 0 fully saturated rings. The summed E-state index contributed by atoms with van der Waals surface area (Å²) in [6, 6.07) is 3.46. The fourth-order valence-corrected chi connectivity index (χ4v) is 0.611. The zero-order valence-corrected chi connectivity index (χ0v) is 5.66. The number of hydrogen-bond acceptors (Lipinski definition) is 2. The zero-order chi connectivity index (χ0) is 7.40. The van der Waals surface area contributed by atoms with Gasteiger partial charge in [-0.25, -0.2) is 4.98 Å². The monoisotopic (exact) mass is 149 g/mol. The fourth-order valence-electron chi connectivity index (χ4n) is 0.611. The van der Waals surface area contributed by atoms with E-state index in [9.17, 15) is 0 Å². The lowest BCUT2D eigenvalue weighted by molar-refractivity contribution is 0.398. The van der Waals surface area contributed by atoms with Crippen molar-refractivity contribution in [2.45, 2.75) is 7.43 Å². The van der Waals surface area contributed by atoms with Crippen molar-refractivity contribution in [1.29, 1.82) is 0 Å². The molecule has 0 atom stereocenters. The highest BCUT2D eigenvalue weighted by molar-refractivity contribution is 5.33. The molecule has 0 bridgehead atoms. The van der Waals surface area contributed by atoms with Crippen molar-refractivity contribution in [2.75, 3.05) is 7.11 Å². The summed E-state index contributed by atoms with van der Waals surface area (Å²) < 4.78 is 4.85. The van der Waals surface area contributed by atoms with Crippen LogP contribution in [-0.4, -0.2) is 12.1 Å². The van der Waals surface area contributed by atoms with E-state index in [1.165, 1.54) is 0 Å². The molecule has 0 radical (unpaired) electrons. The van der Waals surface area contributed by atoms with Crippen LogP contribution in [0.5, 0.6) is 5.88 Å². The van der Waals surface area contributed by atoms with Crippen LogP contribution in [0.15, 0.2) is 18.3 Å². The minimum atomic E-state index is 0.